The molecule has 0 radical (unpaired) electrons. The third-order valence-corrected chi connectivity index (χ3v) is 11.8. The molecule has 42 heavy (non-hydrogen) atoms. The molecule has 3 N–H and O–H groups in total. The first kappa shape index (κ1) is 27.3. The van der Waals surface area contributed by atoms with E-state index >= 15 is 0 Å². The number of phenolic OH excluding ortho intramolecular Hbond substituents is 1. The average Bonchev–Trinajstić information content (AvgIpc) is 3.67. The summed E-state index contributed by atoms with van der Waals surface area (Å²) in [6.45, 7) is 1.40. The summed E-state index contributed by atoms with van der Waals surface area (Å²) in [7, 11) is 0. The fraction of sp³-hybridized carbons (Fsp3) is 0.379. The molecule has 2 aromatic carbocycles. The molecule has 7 rings (SSSR count). The van der Waals surface area contributed by atoms with E-state index in [4.69, 9.17) is 0 Å². The molecule has 2 bridgehead atoms. The van der Waals surface area contributed by atoms with Gasteiger partial charge in [0, 0.05) is 27.3 Å². The van der Waals surface area contributed by atoms with Gasteiger partial charge in [-0.25, -0.2) is 0 Å². The highest BCUT2D eigenvalue weighted by Gasteiger charge is 2.70. The van der Waals surface area contributed by atoms with E-state index in [0.717, 1.165) is 33.2 Å². The van der Waals surface area contributed by atoms with Crippen LogP contribution in [-0.4, -0.2) is 44.0 Å². The number of thiazole rings is 1. The number of carbonyl (C=O) groups excluding carboxylic acids is 3. The van der Waals surface area contributed by atoms with Gasteiger partial charge in [-0.05, 0) is 55.4 Å². The molecule has 3 heterocycles. The molecule has 8 unspecified atom stereocenters. The molecule has 1 saturated heterocycles. The molecule has 3 fully saturated rings. The fourth-order valence-corrected chi connectivity index (χ4v) is 10.5. The fourth-order valence-electron chi connectivity index (χ4n) is 7.66. The molecule has 2 aliphatic carbocycles. The minimum Gasteiger partial charge on any atom is -0.508 e. The van der Waals surface area contributed by atoms with Gasteiger partial charge in [0.25, 0.3) is 0 Å². The van der Waals surface area contributed by atoms with Gasteiger partial charge in [0.05, 0.1) is 22.4 Å². The van der Waals surface area contributed by atoms with E-state index in [9.17, 15) is 37.5 Å². The lowest BCUT2D eigenvalue weighted by atomic mass is 9.68. The van der Waals surface area contributed by atoms with Crippen molar-refractivity contribution in [3.63, 3.8) is 0 Å². The number of likely N-dealkylation sites (tertiary alicyclic amines) is 1. The first-order valence-electron chi connectivity index (χ1n) is 13.5. The largest absolute Gasteiger partial charge is 0.508 e. The van der Waals surface area contributed by atoms with Crippen LogP contribution in [0.2, 0.25) is 0 Å². The van der Waals surface area contributed by atoms with Crippen molar-refractivity contribution in [2.45, 2.75) is 41.8 Å². The summed E-state index contributed by atoms with van der Waals surface area (Å²) in [5.41, 5.74) is -0.355. The second-order valence-electron chi connectivity index (χ2n) is 11.3. The van der Waals surface area contributed by atoms with Crippen molar-refractivity contribution < 1.29 is 32.7 Å². The number of benzene rings is 2. The van der Waals surface area contributed by atoms with Gasteiger partial charge in [-0.2, -0.15) is 13.2 Å². The molecule has 8 nitrogen and oxygen atoms in total. The number of aromatic nitrogens is 1. The van der Waals surface area contributed by atoms with Gasteiger partial charge >= 0.3 is 11.0 Å². The van der Waals surface area contributed by atoms with Gasteiger partial charge in [0.15, 0.2) is 0 Å². The Balaban J connectivity index is 1.19. The Morgan fingerprint density at radius 1 is 1.07 bits per heavy atom. The van der Waals surface area contributed by atoms with Gasteiger partial charge < -0.3 is 15.4 Å². The Morgan fingerprint density at radius 3 is 2.50 bits per heavy atom. The molecular formula is C29H24F3N3O5S2. The van der Waals surface area contributed by atoms with Gasteiger partial charge in [0.1, 0.15) is 11.8 Å². The average molecular weight is 616 g/mol. The number of hydrogen-bond acceptors (Lipinski definition) is 7. The van der Waals surface area contributed by atoms with Crippen LogP contribution in [0.4, 0.5) is 18.9 Å². The van der Waals surface area contributed by atoms with Gasteiger partial charge in [-0.3, -0.25) is 24.1 Å². The number of imide groups is 1. The van der Waals surface area contributed by atoms with Crippen molar-refractivity contribution in [3.8, 4) is 5.75 Å². The number of nitrogens with zero attached hydrogens (tertiary/aromatic N) is 1. The number of rotatable bonds is 4. The lowest BCUT2D eigenvalue weighted by Crippen LogP contribution is -2.46. The normalized spacial score (nSPS) is 30.2. The summed E-state index contributed by atoms with van der Waals surface area (Å²) in [5.74, 6) is -3.73. The molecule has 2 aliphatic heterocycles. The number of halogens is 3. The zero-order chi connectivity index (χ0) is 29.7. The van der Waals surface area contributed by atoms with Crippen LogP contribution in [0.1, 0.15) is 35.3 Å². The Kier molecular flexibility index (Phi) is 6.14. The van der Waals surface area contributed by atoms with Crippen LogP contribution >= 0.6 is 23.1 Å². The van der Waals surface area contributed by atoms with Crippen molar-refractivity contribution in [3.05, 3.63) is 74.2 Å². The van der Waals surface area contributed by atoms with Crippen molar-refractivity contribution in [2.24, 2.45) is 29.6 Å². The number of para-hydroxylation sites is 1. The summed E-state index contributed by atoms with van der Waals surface area (Å²) in [6, 6.07) is 9.88. The van der Waals surface area contributed by atoms with Gasteiger partial charge in [-0.15, -0.1) is 11.8 Å². The Morgan fingerprint density at radius 2 is 1.79 bits per heavy atom. The lowest BCUT2D eigenvalue weighted by Gasteiger charge is -2.43. The first-order chi connectivity index (χ1) is 20.0. The summed E-state index contributed by atoms with van der Waals surface area (Å²) < 4.78 is 39.5. The quantitative estimate of drug-likeness (QED) is 0.368. The summed E-state index contributed by atoms with van der Waals surface area (Å²) in [4.78, 5) is 57.6. The lowest BCUT2D eigenvalue weighted by molar-refractivity contribution is -0.146. The number of hydrogen-bond donors (Lipinski definition) is 3. The Bertz CT molecular complexity index is 1700. The van der Waals surface area contributed by atoms with E-state index < -0.39 is 47.3 Å². The second kappa shape index (κ2) is 9.46. The SMILES string of the molecule is CC(C(=O)Nc1cccc(C(F)(F)F)c1)N1C(=O)C2C3CC(C2C1=O)C1C(c2ccccc2O)c2sc(=O)[nH]c2SC31. The van der Waals surface area contributed by atoms with E-state index in [-0.39, 0.29) is 45.2 Å². The molecule has 13 heteroatoms. The zero-order valence-corrected chi connectivity index (χ0v) is 23.6. The number of H-pyrrole nitrogens is 1. The molecule has 2 saturated carbocycles. The number of nitrogens with one attached hydrogen (secondary N) is 2. The predicted molar refractivity (Wildman–Crippen MR) is 148 cm³/mol. The van der Waals surface area contributed by atoms with E-state index in [1.807, 2.05) is 12.1 Å². The smallest absolute Gasteiger partial charge is 0.416 e. The monoisotopic (exact) mass is 615 g/mol. The highest BCUT2D eigenvalue weighted by Crippen LogP contribution is 2.69. The third-order valence-electron chi connectivity index (χ3n) is 9.25. The second-order valence-corrected chi connectivity index (χ2v) is 13.5. The van der Waals surface area contributed by atoms with Crippen LogP contribution in [0.15, 0.2) is 58.4 Å². The van der Waals surface area contributed by atoms with E-state index in [0.29, 0.717) is 17.0 Å². The topological polar surface area (TPSA) is 120 Å². The Hall–Kier alpha value is -3.58. The maximum absolute atomic E-state index is 13.9. The number of amides is 3. The summed E-state index contributed by atoms with van der Waals surface area (Å²) in [5, 5.41) is 13.8. The van der Waals surface area contributed by atoms with Crippen LogP contribution in [0.5, 0.6) is 5.75 Å². The molecule has 3 amide bonds. The number of fused-ring (bicyclic) bond motifs is 9. The number of phenols is 1. The number of thioether (sulfide) groups is 1. The van der Waals surface area contributed by atoms with Crippen LogP contribution in [0.25, 0.3) is 0 Å². The Labute approximate surface area is 245 Å². The highest BCUT2D eigenvalue weighted by atomic mass is 32.2. The van der Waals surface area contributed by atoms with Crippen molar-refractivity contribution in [1.82, 2.24) is 9.88 Å². The molecule has 4 aliphatic rings. The maximum Gasteiger partial charge on any atom is 0.416 e. The van der Waals surface area contributed by atoms with Crippen LogP contribution in [0, 0.1) is 29.6 Å². The maximum atomic E-state index is 13.9. The molecule has 218 valence electrons. The van der Waals surface area contributed by atoms with E-state index in [2.05, 4.69) is 10.3 Å². The van der Waals surface area contributed by atoms with Crippen LogP contribution in [0.3, 0.4) is 0 Å². The number of aromatic hydroxyl groups is 1. The van der Waals surface area contributed by atoms with Crippen molar-refractivity contribution in [1.29, 1.82) is 0 Å². The number of anilines is 1. The van der Waals surface area contributed by atoms with Gasteiger partial charge in [-0.1, -0.05) is 35.6 Å². The molecule has 3 aromatic rings. The van der Waals surface area contributed by atoms with Crippen molar-refractivity contribution >= 4 is 46.5 Å². The molecular weight excluding hydrogens is 591 g/mol. The third kappa shape index (κ3) is 3.96. The number of carbonyl (C=O) groups is 3. The summed E-state index contributed by atoms with van der Waals surface area (Å²) in [6.07, 6.45) is -3.96. The molecule has 1 aromatic heterocycles. The number of aromatic amines is 1. The minimum atomic E-state index is -4.59. The molecule has 0 spiro atoms. The van der Waals surface area contributed by atoms with Gasteiger partial charge in [0.2, 0.25) is 17.7 Å². The van der Waals surface area contributed by atoms with Crippen LogP contribution < -0.4 is 10.2 Å². The van der Waals surface area contributed by atoms with Crippen LogP contribution in [-0.2, 0) is 20.6 Å². The standard InChI is InChI=1S/C29H24F3N3O5S2/c1-11(24(37)33-13-6-4-5-12(9-13)29(30,31)32)35-26(38)20-15-10-16(21(20)27(35)39)22-19(15)18(14-7-2-3-8-17(14)36)23-25(41-22)34-28(40)42-23/h2-9,11,15-16,18-22,36H,10H2,1H3,(H,33,37)(H,34,40). The number of alkyl halides is 3. The highest BCUT2D eigenvalue weighted by molar-refractivity contribution is 8.00. The summed E-state index contributed by atoms with van der Waals surface area (Å²) >= 11 is 2.60. The first-order valence-corrected chi connectivity index (χ1v) is 15.2. The van der Waals surface area contributed by atoms with E-state index in [1.165, 1.54) is 30.8 Å². The predicted octanol–water partition coefficient (Wildman–Crippen LogP) is 4.66. The minimum absolute atomic E-state index is 0.0888. The molecule has 8 atom stereocenters. The van der Waals surface area contributed by atoms with Crippen molar-refractivity contribution in [2.75, 3.05) is 5.32 Å². The zero-order valence-electron chi connectivity index (χ0n) is 21.9. The van der Waals surface area contributed by atoms with E-state index in [1.54, 1.807) is 12.1 Å².